The summed E-state index contributed by atoms with van der Waals surface area (Å²) in [6, 6.07) is 6.05. The zero-order chi connectivity index (χ0) is 33.8. The molecule has 0 saturated heterocycles. The van der Waals surface area contributed by atoms with Crippen LogP contribution in [0.25, 0.3) is 0 Å². The second-order valence-corrected chi connectivity index (χ2v) is 75.5. The number of aromatic nitrogens is 2. The van der Waals surface area contributed by atoms with Gasteiger partial charge in [0.25, 0.3) is 0 Å². The highest BCUT2D eigenvalue weighted by molar-refractivity contribution is 8.55. The van der Waals surface area contributed by atoms with E-state index in [1.807, 2.05) is 18.9 Å². The normalized spacial score (nSPS) is 14.4. The largest absolute Gasteiger partial charge is 0.361 e. The predicted molar refractivity (Wildman–Crippen MR) is 267 cm³/mol. The van der Waals surface area contributed by atoms with Crippen molar-refractivity contribution in [3.63, 3.8) is 0 Å². The summed E-state index contributed by atoms with van der Waals surface area (Å²) in [4.78, 5) is 16.3. The number of aryl methyl sites for hydroxylation is 1. The van der Waals surface area contributed by atoms with Crippen LogP contribution in [0.2, 0.25) is 24.2 Å². The van der Waals surface area contributed by atoms with Gasteiger partial charge in [0.2, 0.25) is 0 Å². The van der Waals surface area contributed by atoms with Gasteiger partial charge >= 0.3 is 0 Å². The SMILES string of the molecule is PP(P)[SiH2]CCCN(CCC[SiH2]P(P)P)CCCN1C=NCC1.PP(P)[SiH2]CCCN(CCC[SiH2]P(P)P)CCCn1ccnc1. The van der Waals surface area contributed by atoms with Gasteiger partial charge in [-0.3, -0.25) is 4.99 Å². The Kier molecular flexibility index (Phi) is 36.1. The van der Waals surface area contributed by atoms with Crippen molar-refractivity contribution < 1.29 is 0 Å². The molecule has 22 heteroatoms. The fourth-order valence-electron chi connectivity index (χ4n) is 5.17. The van der Waals surface area contributed by atoms with Crippen LogP contribution in [-0.2, 0) is 6.54 Å². The number of rotatable bonds is 28. The van der Waals surface area contributed by atoms with E-state index in [0.717, 1.165) is 19.6 Å². The minimum atomic E-state index is 0.171. The number of imidazole rings is 1. The fraction of sp³-hybridized carbons (Fsp3) is 0.833. The molecule has 0 bridgehead atoms. The first-order valence-corrected chi connectivity index (χ1v) is 47.5. The molecular formula is C24H68N6P12Si4. The third-order valence-corrected chi connectivity index (χ3v) is 41.6. The molecule has 0 N–H and O–H groups in total. The van der Waals surface area contributed by atoms with E-state index in [9.17, 15) is 0 Å². The van der Waals surface area contributed by atoms with Gasteiger partial charge in [-0.15, -0.1) is 71.4 Å². The van der Waals surface area contributed by atoms with Crippen LogP contribution in [0.5, 0.6) is 0 Å². The summed E-state index contributed by atoms with van der Waals surface area (Å²) >= 11 is 0. The average molecular weight is 925 g/mol. The van der Waals surface area contributed by atoms with Gasteiger partial charge in [-0.25, -0.2) is 4.98 Å². The van der Waals surface area contributed by atoms with E-state index < -0.39 is 0 Å². The van der Waals surface area contributed by atoms with Crippen LogP contribution in [0.1, 0.15) is 38.5 Å². The lowest BCUT2D eigenvalue weighted by molar-refractivity contribution is 0.261. The number of aliphatic imine (C=N–C) groups is 1. The van der Waals surface area contributed by atoms with Crippen molar-refractivity contribution in [2.75, 3.05) is 58.9 Å². The molecule has 1 aliphatic rings. The number of hydrogen-bond acceptors (Lipinski definition) is 5. The Bertz CT molecular complexity index is 807. The lowest BCUT2D eigenvalue weighted by Crippen LogP contribution is -2.30. The topological polar surface area (TPSA) is 39.9 Å². The van der Waals surface area contributed by atoms with Crippen LogP contribution < -0.4 is 0 Å². The van der Waals surface area contributed by atoms with E-state index in [4.69, 9.17) is 0 Å². The minimum Gasteiger partial charge on any atom is -0.361 e. The molecule has 0 aromatic carbocycles. The highest BCUT2D eigenvalue weighted by atomic mass is 32.5. The van der Waals surface area contributed by atoms with Crippen molar-refractivity contribution in [2.24, 2.45) is 4.99 Å². The third kappa shape index (κ3) is 32.1. The van der Waals surface area contributed by atoms with E-state index in [1.54, 1.807) is 0 Å². The highest BCUT2D eigenvalue weighted by Gasteiger charge is 2.09. The van der Waals surface area contributed by atoms with Gasteiger partial charge in [0, 0.05) is 32.0 Å². The zero-order valence-corrected chi connectivity index (χ0v) is 46.8. The second-order valence-electron chi connectivity index (χ2n) is 12.0. The van der Waals surface area contributed by atoms with Crippen molar-refractivity contribution in [1.29, 1.82) is 0 Å². The monoisotopic (exact) mass is 924 g/mol. The van der Waals surface area contributed by atoms with Crippen molar-refractivity contribution in [3.05, 3.63) is 18.7 Å². The van der Waals surface area contributed by atoms with Crippen LogP contribution in [-0.4, -0.2) is 126 Å². The third-order valence-electron chi connectivity index (χ3n) is 7.69. The highest BCUT2D eigenvalue weighted by Crippen LogP contribution is 2.53. The quantitative estimate of drug-likeness (QED) is 0.0554. The van der Waals surface area contributed by atoms with Gasteiger partial charge in [0.05, 0.1) is 56.0 Å². The van der Waals surface area contributed by atoms with Gasteiger partial charge in [-0.1, -0.05) is 51.6 Å². The fourth-order valence-corrected chi connectivity index (χ4v) is 28.6. The lowest BCUT2D eigenvalue weighted by Gasteiger charge is -2.24. The second kappa shape index (κ2) is 34.1. The molecule has 1 aromatic heterocycles. The van der Waals surface area contributed by atoms with E-state index in [-0.39, 0.29) is 64.1 Å². The van der Waals surface area contributed by atoms with Gasteiger partial charge in [-0.05, 0) is 77.8 Å². The summed E-state index contributed by atoms with van der Waals surface area (Å²) < 4.78 is 2.20. The maximum absolute atomic E-state index is 4.31. The molecule has 0 fully saturated rings. The molecule has 270 valence electrons. The molecule has 0 amide bonds. The molecule has 0 spiro atoms. The first-order valence-electron chi connectivity index (χ1n) is 16.9. The first kappa shape index (κ1) is 48.6. The van der Waals surface area contributed by atoms with Crippen LogP contribution in [0.4, 0.5) is 0 Å². The van der Waals surface area contributed by atoms with E-state index >= 15 is 0 Å². The summed E-state index contributed by atoms with van der Waals surface area (Å²) in [5.74, 6) is 0. The molecular weight excluding hydrogens is 856 g/mol. The molecule has 2 heterocycles. The van der Waals surface area contributed by atoms with Crippen molar-refractivity contribution in [3.8, 4) is 0 Å². The predicted octanol–water partition coefficient (Wildman–Crippen LogP) is 6.41. The Labute approximate surface area is 315 Å². The van der Waals surface area contributed by atoms with Gasteiger partial charge in [0.15, 0.2) is 0 Å². The summed E-state index contributed by atoms with van der Waals surface area (Å²) in [5.41, 5.74) is 0. The summed E-state index contributed by atoms with van der Waals surface area (Å²) in [6.07, 6.45) is 16.1. The Morgan fingerprint density at radius 2 is 1.00 bits per heavy atom. The Hall–Kier alpha value is 4.63. The van der Waals surface area contributed by atoms with Crippen molar-refractivity contribution in [1.82, 2.24) is 24.3 Å². The molecule has 2 rings (SSSR count). The van der Waals surface area contributed by atoms with Crippen molar-refractivity contribution in [2.45, 2.75) is 69.2 Å². The van der Waals surface area contributed by atoms with E-state index in [2.05, 4.69) is 107 Å². The molecule has 1 aromatic rings. The van der Waals surface area contributed by atoms with Crippen LogP contribution in [0.3, 0.4) is 0 Å². The molecule has 46 heavy (non-hydrogen) atoms. The molecule has 1 aliphatic heterocycles. The van der Waals surface area contributed by atoms with Crippen LogP contribution in [0, 0.1) is 0 Å². The summed E-state index contributed by atoms with van der Waals surface area (Å²) in [6.45, 7) is 13.3. The standard InChI is InChI=1S/C12H35N3P6Si2.C12H33N3P6Si2/c2*16-20(17)22-10-2-7-14(8-3-11-23-21(18)19)5-1-6-15-9-4-13-12-15/h12H,1-11,16-19,22-23H2;4,9,12H,1-3,5-8,10-11,16-19,22-23H2. The minimum absolute atomic E-state index is 0.171. The van der Waals surface area contributed by atoms with E-state index in [0.29, 0.717) is 0 Å². The zero-order valence-electron chi connectivity index (χ0n) is 28.4. The maximum Gasteiger partial charge on any atom is 0.0945 e. The van der Waals surface area contributed by atoms with Gasteiger partial charge in [-0.2, -0.15) is 0 Å². The average Bonchev–Trinajstić information content (AvgIpc) is 3.72. The summed E-state index contributed by atoms with van der Waals surface area (Å²) in [5, 5.41) is 0. The molecule has 0 saturated carbocycles. The molecule has 0 radical (unpaired) electrons. The summed E-state index contributed by atoms with van der Waals surface area (Å²) in [7, 11) is 24.8. The van der Waals surface area contributed by atoms with Crippen LogP contribution >= 0.6 is 98.8 Å². The first-order chi connectivity index (χ1) is 22.2. The number of nitrogens with zero attached hydrogens (tertiary/aromatic N) is 6. The molecule has 8 atom stereocenters. The Morgan fingerprint density at radius 1 is 0.587 bits per heavy atom. The number of hydrogen-bond donors (Lipinski definition) is 0. The van der Waals surface area contributed by atoms with Gasteiger partial charge in [0.1, 0.15) is 0 Å². The Morgan fingerprint density at radius 3 is 1.35 bits per heavy atom. The van der Waals surface area contributed by atoms with Gasteiger partial charge < -0.3 is 19.3 Å². The van der Waals surface area contributed by atoms with Crippen LogP contribution in [0.15, 0.2) is 23.7 Å². The maximum atomic E-state index is 4.31. The molecule has 0 aliphatic carbocycles. The smallest absolute Gasteiger partial charge is 0.0945 e. The van der Waals surface area contributed by atoms with Crippen molar-refractivity contribution >= 4 is 142 Å². The molecule has 6 nitrogen and oxygen atoms in total. The van der Waals surface area contributed by atoms with E-state index in [1.165, 1.54) is 109 Å². The molecule has 8 unspecified atom stereocenters. The lowest BCUT2D eigenvalue weighted by atomic mass is 10.3. The Balaban J connectivity index is 0.000000460.